The molecule has 2 N–H and O–H groups in total. The Morgan fingerprint density at radius 3 is 1.10 bits per heavy atom. The SMILES string of the molecule is CCCCCCCCON1C(C)(C)CC(N(CCCC)c2nc(N(CCO)CCO)nc(N(CCCC)C3CC(C)(C)N(OCCCCCCCC)C(C)(C)C3)n2)CC1(C)C. The molecule has 1 aromatic heterocycles. The second-order valence-corrected chi connectivity index (χ2v) is 20.9. The zero-order valence-corrected chi connectivity index (χ0v) is 41.7. The van der Waals surface area contributed by atoms with Crippen molar-refractivity contribution in [3.8, 4) is 0 Å². The van der Waals surface area contributed by atoms with E-state index in [4.69, 9.17) is 24.6 Å². The van der Waals surface area contributed by atoms with E-state index in [-0.39, 0.29) is 47.5 Å². The summed E-state index contributed by atoms with van der Waals surface area (Å²) in [6.07, 6.45) is 22.7. The van der Waals surface area contributed by atoms with E-state index in [1.54, 1.807) is 0 Å². The molecule has 12 heteroatoms. The Balaban J connectivity index is 2.02. The number of aromatic nitrogens is 3. The highest BCUT2D eigenvalue weighted by molar-refractivity contribution is 5.48. The normalized spacial score (nSPS) is 19.4. The highest BCUT2D eigenvalue weighted by atomic mass is 16.7. The standard InChI is InChI=1S/C49H96N8O4/c1-13-17-21-23-25-27-35-60-56-46(5,6)37-41(38-47(56,7)8)54(29-19-15-3)44-50-43(53(31-33-58)32-34-59)51-45(52-44)55(30-20-16-4)42-39-48(9,10)57(49(11,12)40-42)61-36-28-26-24-22-18-14-2/h41-42,58-59H,13-40H2,1-12H3. The Morgan fingerprint density at radius 1 is 0.459 bits per heavy atom. The first-order valence-corrected chi connectivity index (χ1v) is 25.1. The van der Waals surface area contributed by atoms with Crippen molar-refractivity contribution in [2.24, 2.45) is 0 Å². The number of aliphatic hydroxyl groups excluding tert-OH is 2. The maximum Gasteiger partial charge on any atom is 0.232 e. The smallest absolute Gasteiger partial charge is 0.232 e. The fourth-order valence-electron chi connectivity index (χ4n) is 10.5. The van der Waals surface area contributed by atoms with E-state index >= 15 is 0 Å². The lowest BCUT2D eigenvalue weighted by atomic mass is 9.78. The number of nitrogens with zero attached hydrogens (tertiary/aromatic N) is 8. The van der Waals surface area contributed by atoms with Crippen LogP contribution in [0.4, 0.5) is 17.8 Å². The molecule has 3 rings (SSSR count). The number of rotatable bonds is 31. The van der Waals surface area contributed by atoms with Crippen LogP contribution >= 0.6 is 0 Å². The number of aliphatic hydroxyl groups is 2. The molecule has 61 heavy (non-hydrogen) atoms. The van der Waals surface area contributed by atoms with Crippen LogP contribution in [0.25, 0.3) is 0 Å². The van der Waals surface area contributed by atoms with Gasteiger partial charge in [-0.05, 0) is 107 Å². The molecule has 12 nitrogen and oxygen atoms in total. The third kappa shape index (κ3) is 16.3. The Kier molecular flexibility index (Phi) is 23.0. The summed E-state index contributed by atoms with van der Waals surface area (Å²) in [6, 6.07) is 0.346. The van der Waals surface area contributed by atoms with Crippen LogP contribution in [0.5, 0.6) is 0 Å². The Labute approximate surface area is 374 Å². The second-order valence-electron chi connectivity index (χ2n) is 20.9. The largest absolute Gasteiger partial charge is 0.395 e. The minimum Gasteiger partial charge on any atom is -0.395 e. The molecule has 0 unspecified atom stereocenters. The molecule has 0 bridgehead atoms. The van der Waals surface area contributed by atoms with Gasteiger partial charge in [-0.2, -0.15) is 25.1 Å². The monoisotopic (exact) mass is 861 g/mol. The fraction of sp³-hybridized carbons (Fsp3) is 0.939. The van der Waals surface area contributed by atoms with Gasteiger partial charge in [0.15, 0.2) is 0 Å². The van der Waals surface area contributed by atoms with E-state index < -0.39 is 0 Å². The Hall–Kier alpha value is -1.83. The van der Waals surface area contributed by atoms with E-state index in [2.05, 4.69) is 103 Å². The molecule has 0 saturated carbocycles. The molecular formula is C49H96N8O4. The molecule has 2 saturated heterocycles. The van der Waals surface area contributed by atoms with Gasteiger partial charge in [0.2, 0.25) is 17.8 Å². The van der Waals surface area contributed by atoms with Gasteiger partial charge in [-0.3, -0.25) is 9.68 Å². The van der Waals surface area contributed by atoms with Crippen molar-refractivity contribution in [3.05, 3.63) is 0 Å². The minimum absolute atomic E-state index is 0.0609. The van der Waals surface area contributed by atoms with E-state index in [0.717, 1.165) is 90.5 Å². The molecule has 356 valence electrons. The molecule has 0 amide bonds. The summed E-state index contributed by atoms with van der Waals surface area (Å²) in [5, 5.41) is 25.0. The number of anilines is 3. The first-order valence-electron chi connectivity index (χ1n) is 25.1. The topological polar surface area (TPSA) is 114 Å². The van der Waals surface area contributed by atoms with Gasteiger partial charge in [0.25, 0.3) is 0 Å². The summed E-state index contributed by atoms with van der Waals surface area (Å²) in [6.45, 7) is 31.4. The van der Waals surface area contributed by atoms with Crippen molar-refractivity contribution in [3.63, 3.8) is 0 Å². The lowest BCUT2D eigenvalue weighted by Gasteiger charge is -2.56. The average Bonchev–Trinajstić information content (AvgIpc) is 3.18. The summed E-state index contributed by atoms with van der Waals surface area (Å²) in [5.74, 6) is 1.89. The van der Waals surface area contributed by atoms with Gasteiger partial charge >= 0.3 is 0 Å². The lowest BCUT2D eigenvalue weighted by molar-refractivity contribution is -0.283. The highest BCUT2D eigenvalue weighted by Crippen LogP contribution is 2.44. The zero-order chi connectivity index (χ0) is 45.1. The van der Waals surface area contributed by atoms with E-state index in [9.17, 15) is 10.2 Å². The van der Waals surface area contributed by atoms with Gasteiger partial charge in [-0.25, -0.2) is 0 Å². The molecular weight excluding hydrogens is 765 g/mol. The van der Waals surface area contributed by atoms with Crippen LogP contribution in [0, 0.1) is 0 Å². The molecule has 0 aromatic carbocycles. The Bertz CT molecular complexity index is 1220. The average molecular weight is 861 g/mol. The van der Waals surface area contributed by atoms with Gasteiger partial charge in [-0.1, -0.05) is 105 Å². The maximum atomic E-state index is 10.2. The lowest BCUT2D eigenvalue weighted by Crippen LogP contribution is -2.64. The van der Waals surface area contributed by atoms with Crippen molar-refractivity contribution in [1.82, 2.24) is 25.1 Å². The predicted molar refractivity (Wildman–Crippen MR) is 255 cm³/mol. The Morgan fingerprint density at radius 2 is 0.770 bits per heavy atom. The molecule has 2 aliphatic heterocycles. The molecule has 3 heterocycles. The molecule has 0 radical (unpaired) electrons. The van der Waals surface area contributed by atoms with Crippen LogP contribution in [0.2, 0.25) is 0 Å². The highest BCUT2D eigenvalue weighted by Gasteiger charge is 2.50. The summed E-state index contributed by atoms with van der Waals surface area (Å²) in [4.78, 5) is 36.2. The van der Waals surface area contributed by atoms with Crippen molar-refractivity contribution >= 4 is 17.8 Å². The molecule has 0 atom stereocenters. The first-order chi connectivity index (χ1) is 29.0. The second kappa shape index (κ2) is 26.2. The number of hydroxylamine groups is 4. The summed E-state index contributed by atoms with van der Waals surface area (Å²) >= 11 is 0. The van der Waals surface area contributed by atoms with Crippen LogP contribution in [0.3, 0.4) is 0 Å². The third-order valence-corrected chi connectivity index (χ3v) is 13.1. The molecule has 0 aliphatic carbocycles. The first kappa shape index (κ1) is 53.5. The number of hydrogen-bond acceptors (Lipinski definition) is 12. The maximum absolute atomic E-state index is 10.2. The third-order valence-electron chi connectivity index (χ3n) is 13.1. The van der Waals surface area contributed by atoms with Crippen LogP contribution in [0.1, 0.15) is 212 Å². The minimum atomic E-state index is -0.215. The van der Waals surface area contributed by atoms with Crippen LogP contribution in [-0.4, -0.2) is 122 Å². The van der Waals surface area contributed by atoms with Crippen molar-refractivity contribution in [2.45, 2.75) is 246 Å². The van der Waals surface area contributed by atoms with E-state index in [1.165, 1.54) is 64.2 Å². The van der Waals surface area contributed by atoms with Crippen LogP contribution < -0.4 is 14.7 Å². The molecule has 0 spiro atoms. The summed E-state index contributed by atoms with van der Waals surface area (Å²) in [5.41, 5.74) is -0.861. The predicted octanol–water partition coefficient (Wildman–Crippen LogP) is 10.5. The number of unbranched alkanes of at least 4 members (excludes halogenated alkanes) is 12. The quantitative estimate of drug-likeness (QED) is 0.0693. The van der Waals surface area contributed by atoms with Crippen LogP contribution in [-0.2, 0) is 9.68 Å². The summed E-state index contributed by atoms with van der Waals surface area (Å²) < 4.78 is 0. The van der Waals surface area contributed by atoms with Crippen molar-refractivity contribution in [1.29, 1.82) is 0 Å². The van der Waals surface area contributed by atoms with Gasteiger partial charge in [0.1, 0.15) is 0 Å². The van der Waals surface area contributed by atoms with E-state index in [0.29, 0.717) is 30.9 Å². The van der Waals surface area contributed by atoms with Gasteiger partial charge < -0.3 is 24.9 Å². The van der Waals surface area contributed by atoms with Gasteiger partial charge in [-0.15, -0.1) is 0 Å². The van der Waals surface area contributed by atoms with Crippen molar-refractivity contribution < 1.29 is 19.9 Å². The van der Waals surface area contributed by atoms with Gasteiger partial charge in [0, 0.05) is 60.4 Å². The number of hydrogen-bond donors (Lipinski definition) is 2. The van der Waals surface area contributed by atoms with Gasteiger partial charge in [0.05, 0.1) is 26.4 Å². The fourth-order valence-corrected chi connectivity index (χ4v) is 10.5. The summed E-state index contributed by atoms with van der Waals surface area (Å²) in [7, 11) is 0. The number of piperidine rings is 2. The van der Waals surface area contributed by atoms with Crippen LogP contribution in [0.15, 0.2) is 0 Å². The van der Waals surface area contributed by atoms with E-state index in [1.807, 2.05) is 4.90 Å². The zero-order valence-electron chi connectivity index (χ0n) is 41.7. The molecule has 2 fully saturated rings. The molecule has 1 aromatic rings. The van der Waals surface area contributed by atoms with Crippen molar-refractivity contribution in [2.75, 3.05) is 67.3 Å². The molecule has 2 aliphatic rings.